The van der Waals surface area contributed by atoms with E-state index >= 15 is 0 Å². The van der Waals surface area contributed by atoms with Gasteiger partial charge in [-0.15, -0.1) is 0 Å². The molecule has 1 aliphatic heterocycles. The highest BCUT2D eigenvalue weighted by molar-refractivity contribution is 6.31. The van der Waals surface area contributed by atoms with Crippen molar-refractivity contribution in [3.05, 3.63) is 101 Å². The van der Waals surface area contributed by atoms with Gasteiger partial charge in [-0.1, -0.05) is 72.3 Å². The van der Waals surface area contributed by atoms with Crippen LogP contribution in [-0.4, -0.2) is 33.4 Å². The molecule has 0 spiro atoms. The van der Waals surface area contributed by atoms with Crippen molar-refractivity contribution in [3.8, 4) is 0 Å². The summed E-state index contributed by atoms with van der Waals surface area (Å²) in [6.45, 7) is 2.09. The van der Waals surface area contributed by atoms with Crippen molar-refractivity contribution in [2.75, 3.05) is 13.1 Å². The monoisotopic (exact) mass is 429 g/mol. The van der Waals surface area contributed by atoms with E-state index in [1.54, 1.807) is 0 Å². The summed E-state index contributed by atoms with van der Waals surface area (Å²) in [7, 11) is 0. The standard InChI is InChI=1S/C26H24ClN3O/c27-22-11-5-4-10-20(22)18-30-24-13-7-6-12-23(24)28-26(30)21-16-25(31)29(17-21)15-14-19-8-2-1-3-9-19/h1-13,21H,14-18H2. The van der Waals surface area contributed by atoms with Crippen molar-refractivity contribution in [1.29, 1.82) is 0 Å². The molecule has 0 aliphatic carbocycles. The topological polar surface area (TPSA) is 38.1 Å². The molecule has 31 heavy (non-hydrogen) atoms. The molecule has 1 atom stereocenters. The minimum absolute atomic E-state index is 0.0816. The van der Waals surface area contributed by atoms with Crippen LogP contribution in [0.2, 0.25) is 5.02 Å². The molecule has 156 valence electrons. The van der Waals surface area contributed by atoms with Crippen LogP contribution < -0.4 is 0 Å². The summed E-state index contributed by atoms with van der Waals surface area (Å²) >= 11 is 6.45. The maximum Gasteiger partial charge on any atom is 0.223 e. The maximum absolute atomic E-state index is 12.8. The summed E-state index contributed by atoms with van der Waals surface area (Å²) in [5, 5.41) is 0.748. The number of carbonyl (C=O) groups is 1. The molecule has 3 aromatic carbocycles. The zero-order valence-electron chi connectivity index (χ0n) is 17.2. The fourth-order valence-electron chi connectivity index (χ4n) is 4.44. The number of imidazole rings is 1. The molecule has 5 heteroatoms. The molecule has 1 fully saturated rings. The number of para-hydroxylation sites is 2. The van der Waals surface area contributed by atoms with Crippen molar-refractivity contribution < 1.29 is 4.79 Å². The number of fused-ring (bicyclic) bond motifs is 1. The number of rotatable bonds is 6. The van der Waals surface area contributed by atoms with Gasteiger partial charge < -0.3 is 9.47 Å². The van der Waals surface area contributed by atoms with E-state index in [9.17, 15) is 4.79 Å². The van der Waals surface area contributed by atoms with E-state index < -0.39 is 0 Å². The summed E-state index contributed by atoms with van der Waals surface area (Å²) in [6, 6.07) is 26.4. The average molecular weight is 430 g/mol. The molecule has 4 nitrogen and oxygen atoms in total. The van der Waals surface area contributed by atoms with Crippen LogP contribution in [-0.2, 0) is 17.8 Å². The SMILES string of the molecule is O=C1CC(c2nc3ccccc3n2Cc2ccccc2Cl)CN1CCc1ccccc1. The Bertz CT molecular complexity index is 1220. The summed E-state index contributed by atoms with van der Waals surface area (Å²) in [5.74, 6) is 1.26. The lowest BCUT2D eigenvalue weighted by atomic mass is 10.1. The number of carbonyl (C=O) groups excluding carboxylic acids is 1. The van der Waals surface area contributed by atoms with Crippen LogP contribution in [0, 0.1) is 0 Å². The summed E-state index contributed by atoms with van der Waals surface area (Å²) in [6.07, 6.45) is 1.37. The van der Waals surface area contributed by atoms with Gasteiger partial charge in [-0.2, -0.15) is 0 Å². The van der Waals surface area contributed by atoms with Crippen LogP contribution in [0.5, 0.6) is 0 Å². The first kappa shape index (κ1) is 19.8. The van der Waals surface area contributed by atoms with E-state index in [4.69, 9.17) is 16.6 Å². The zero-order chi connectivity index (χ0) is 21.2. The maximum atomic E-state index is 12.8. The molecule has 0 saturated carbocycles. The Hall–Kier alpha value is -3.11. The molecule has 1 amide bonds. The predicted molar refractivity (Wildman–Crippen MR) is 124 cm³/mol. The first-order valence-corrected chi connectivity index (χ1v) is 11.1. The molecule has 0 N–H and O–H groups in total. The van der Waals surface area contributed by atoms with Gasteiger partial charge in [0, 0.05) is 30.5 Å². The number of amides is 1. The quantitative estimate of drug-likeness (QED) is 0.417. The normalized spacial score (nSPS) is 16.4. The van der Waals surface area contributed by atoms with E-state index in [1.807, 2.05) is 65.6 Å². The Kier molecular flexibility index (Phi) is 5.47. The van der Waals surface area contributed by atoms with Gasteiger partial charge in [0.1, 0.15) is 5.82 Å². The highest BCUT2D eigenvalue weighted by atomic mass is 35.5. The summed E-state index contributed by atoms with van der Waals surface area (Å²) in [5.41, 5.74) is 4.34. The Morgan fingerprint density at radius 1 is 0.935 bits per heavy atom. The lowest BCUT2D eigenvalue weighted by Gasteiger charge is -2.17. The molecule has 1 unspecified atom stereocenters. The minimum atomic E-state index is 0.0816. The lowest BCUT2D eigenvalue weighted by Crippen LogP contribution is -2.27. The van der Waals surface area contributed by atoms with Crippen LogP contribution in [0.25, 0.3) is 11.0 Å². The second-order valence-corrected chi connectivity index (χ2v) is 8.52. The van der Waals surface area contributed by atoms with Crippen LogP contribution in [0.3, 0.4) is 0 Å². The Labute approximate surface area is 187 Å². The van der Waals surface area contributed by atoms with E-state index in [1.165, 1.54) is 5.56 Å². The summed E-state index contributed by atoms with van der Waals surface area (Å²) < 4.78 is 2.23. The van der Waals surface area contributed by atoms with Gasteiger partial charge in [0.15, 0.2) is 0 Å². The van der Waals surface area contributed by atoms with Gasteiger partial charge in [-0.05, 0) is 35.7 Å². The molecule has 5 rings (SSSR count). The second kappa shape index (κ2) is 8.56. The number of nitrogens with zero attached hydrogens (tertiary/aromatic N) is 3. The van der Waals surface area contributed by atoms with Crippen LogP contribution in [0.1, 0.15) is 29.3 Å². The highest BCUT2D eigenvalue weighted by Crippen LogP contribution is 2.31. The number of benzene rings is 3. The van der Waals surface area contributed by atoms with Gasteiger partial charge in [0.25, 0.3) is 0 Å². The zero-order valence-corrected chi connectivity index (χ0v) is 18.0. The molecule has 4 aromatic rings. The molecule has 0 bridgehead atoms. The number of hydrogen-bond acceptors (Lipinski definition) is 2. The third kappa shape index (κ3) is 4.08. The fourth-order valence-corrected chi connectivity index (χ4v) is 4.63. The minimum Gasteiger partial charge on any atom is -0.342 e. The molecule has 1 aromatic heterocycles. The fraction of sp³-hybridized carbons (Fsp3) is 0.231. The first-order chi connectivity index (χ1) is 15.2. The Morgan fingerprint density at radius 2 is 1.68 bits per heavy atom. The van der Waals surface area contributed by atoms with E-state index in [-0.39, 0.29) is 11.8 Å². The highest BCUT2D eigenvalue weighted by Gasteiger charge is 2.33. The van der Waals surface area contributed by atoms with Crippen LogP contribution >= 0.6 is 11.6 Å². The molecule has 1 saturated heterocycles. The Morgan fingerprint density at radius 3 is 2.52 bits per heavy atom. The molecular weight excluding hydrogens is 406 g/mol. The lowest BCUT2D eigenvalue weighted by molar-refractivity contribution is -0.127. The molecule has 1 aliphatic rings. The van der Waals surface area contributed by atoms with Crippen LogP contribution in [0.15, 0.2) is 78.9 Å². The van der Waals surface area contributed by atoms with Crippen molar-refractivity contribution in [2.45, 2.75) is 25.3 Å². The van der Waals surface area contributed by atoms with E-state index in [2.05, 4.69) is 22.8 Å². The van der Waals surface area contributed by atoms with Crippen molar-refractivity contribution >= 4 is 28.5 Å². The third-order valence-corrected chi connectivity index (χ3v) is 6.43. The third-order valence-electron chi connectivity index (χ3n) is 6.06. The van der Waals surface area contributed by atoms with Gasteiger partial charge in [-0.3, -0.25) is 4.79 Å². The van der Waals surface area contributed by atoms with Gasteiger partial charge in [0.2, 0.25) is 5.91 Å². The predicted octanol–water partition coefficient (Wildman–Crippen LogP) is 5.30. The van der Waals surface area contributed by atoms with Gasteiger partial charge in [-0.25, -0.2) is 4.98 Å². The van der Waals surface area contributed by atoms with Crippen molar-refractivity contribution in [2.24, 2.45) is 0 Å². The van der Waals surface area contributed by atoms with E-state index in [0.29, 0.717) is 19.5 Å². The second-order valence-electron chi connectivity index (χ2n) is 8.11. The molecule has 0 radical (unpaired) electrons. The number of likely N-dealkylation sites (tertiary alicyclic amines) is 1. The summed E-state index contributed by atoms with van der Waals surface area (Å²) in [4.78, 5) is 19.7. The number of halogens is 1. The van der Waals surface area contributed by atoms with Gasteiger partial charge in [0.05, 0.1) is 17.6 Å². The molecule has 2 heterocycles. The number of aromatic nitrogens is 2. The average Bonchev–Trinajstić information content (AvgIpc) is 3.35. The van der Waals surface area contributed by atoms with E-state index in [0.717, 1.165) is 40.4 Å². The van der Waals surface area contributed by atoms with Crippen LogP contribution in [0.4, 0.5) is 0 Å². The smallest absolute Gasteiger partial charge is 0.223 e. The van der Waals surface area contributed by atoms with Gasteiger partial charge >= 0.3 is 0 Å². The Balaban J connectivity index is 1.42. The largest absolute Gasteiger partial charge is 0.342 e. The number of hydrogen-bond donors (Lipinski definition) is 0. The van der Waals surface area contributed by atoms with Crippen molar-refractivity contribution in [1.82, 2.24) is 14.5 Å². The molecular formula is C26H24ClN3O. The van der Waals surface area contributed by atoms with Crippen molar-refractivity contribution in [3.63, 3.8) is 0 Å². The first-order valence-electron chi connectivity index (χ1n) is 10.7.